The van der Waals surface area contributed by atoms with E-state index in [4.69, 9.17) is 16.3 Å². The molecule has 0 aromatic heterocycles. The molecule has 1 aliphatic rings. The van der Waals surface area contributed by atoms with Gasteiger partial charge in [-0.1, -0.05) is 17.7 Å². The van der Waals surface area contributed by atoms with E-state index in [-0.39, 0.29) is 46.5 Å². The van der Waals surface area contributed by atoms with Crippen molar-refractivity contribution in [1.82, 2.24) is 20.4 Å². The second kappa shape index (κ2) is 14.8. The van der Waals surface area contributed by atoms with E-state index in [0.717, 1.165) is 6.07 Å². The molecule has 9 nitrogen and oxygen atoms in total. The Morgan fingerprint density at radius 3 is 2.33 bits per heavy atom. The predicted octanol–water partition coefficient (Wildman–Crippen LogP) is 6.03. The molecule has 0 bridgehead atoms. The summed E-state index contributed by atoms with van der Waals surface area (Å²) in [5.74, 6) is -4.99. The van der Waals surface area contributed by atoms with Gasteiger partial charge in [0.2, 0.25) is 0 Å². The first-order valence-corrected chi connectivity index (χ1v) is 13.9. The molecule has 45 heavy (non-hydrogen) atoms. The molecule has 1 heterocycles. The molecule has 4 rings (SSSR count). The molecular formula is C30H31Cl2F4N5O4. The number of nitrogens with zero attached hydrogens (tertiary/aromatic N) is 3. The van der Waals surface area contributed by atoms with Gasteiger partial charge in [0.1, 0.15) is 23.3 Å². The van der Waals surface area contributed by atoms with Crippen molar-refractivity contribution in [3.05, 3.63) is 93.0 Å². The molecule has 0 saturated heterocycles. The molecule has 4 amide bonds. The van der Waals surface area contributed by atoms with E-state index in [1.165, 1.54) is 39.9 Å². The standard InChI is InChI=1S/C30H30ClF4N5O4.ClH/c1-16-19-6-5-17(28(41)37-14-20-23(34)12-18(32)13-24(20)35)11-25(19)40(29(42)39(16)4)15-21-22(33)7-8-26(27(21)31)44-30(43)38(3)10-9-36-2;/h5-8,11-13,16,36H,9-10,14-15H2,1-4H3,(H,37,41);1H/t16-;/m0./s1. The van der Waals surface area contributed by atoms with Crippen LogP contribution in [-0.4, -0.2) is 62.1 Å². The van der Waals surface area contributed by atoms with E-state index in [9.17, 15) is 27.6 Å². The number of amides is 4. The molecule has 0 spiro atoms. The minimum absolute atomic E-state index is 0. The number of benzene rings is 3. The van der Waals surface area contributed by atoms with Crippen molar-refractivity contribution in [3.8, 4) is 5.75 Å². The third-order valence-corrected chi connectivity index (χ3v) is 7.77. The van der Waals surface area contributed by atoms with Gasteiger partial charge in [-0.2, -0.15) is 0 Å². The van der Waals surface area contributed by atoms with E-state index >= 15 is 4.39 Å². The van der Waals surface area contributed by atoms with Crippen LogP contribution in [0, 0.1) is 23.3 Å². The van der Waals surface area contributed by atoms with Crippen LogP contribution >= 0.6 is 24.0 Å². The average molecular weight is 673 g/mol. The Morgan fingerprint density at radius 1 is 1.02 bits per heavy atom. The van der Waals surface area contributed by atoms with Crippen LogP contribution < -0.4 is 20.3 Å². The van der Waals surface area contributed by atoms with Crippen LogP contribution in [0.25, 0.3) is 0 Å². The lowest BCUT2D eigenvalue weighted by Crippen LogP contribution is -2.46. The highest BCUT2D eigenvalue weighted by molar-refractivity contribution is 6.33. The Balaban J connectivity index is 0.00000552. The van der Waals surface area contributed by atoms with Gasteiger partial charge in [0.25, 0.3) is 5.91 Å². The van der Waals surface area contributed by atoms with E-state index in [1.54, 1.807) is 27.1 Å². The quantitative estimate of drug-likeness (QED) is 0.271. The highest BCUT2D eigenvalue weighted by Crippen LogP contribution is 2.39. The van der Waals surface area contributed by atoms with Crippen LogP contribution in [-0.2, 0) is 13.1 Å². The molecule has 0 fully saturated rings. The highest BCUT2D eigenvalue weighted by atomic mass is 35.5. The number of fused-ring (bicyclic) bond motifs is 1. The molecule has 1 aliphatic heterocycles. The van der Waals surface area contributed by atoms with Crippen molar-refractivity contribution >= 4 is 47.7 Å². The Kier molecular flexibility index (Phi) is 11.7. The Labute approximate surface area is 268 Å². The molecule has 3 aromatic rings. The summed E-state index contributed by atoms with van der Waals surface area (Å²) in [5.41, 5.74) is 0.291. The molecule has 0 unspecified atom stereocenters. The van der Waals surface area contributed by atoms with Gasteiger partial charge in [0.15, 0.2) is 5.75 Å². The number of nitrogens with one attached hydrogen (secondary N) is 2. The number of rotatable bonds is 9. The Morgan fingerprint density at radius 2 is 1.69 bits per heavy atom. The maximum Gasteiger partial charge on any atom is 0.415 e. The van der Waals surface area contributed by atoms with Crippen LogP contribution in [0.2, 0.25) is 5.02 Å². The fourth-order valence-electron chi connectivity index (χ4n) is 4.60. The molecule has 0 aliphatic carbocycles. The molecule has 3 aromatic carbocycles. The number of hydrogen-bond donors (Lipinski definition) is 2. The first kappa shape index (κ1) is 35.4. The SMILES string of the molecule is CNCCN(C)C(=O)Oc1ccc(F)c(CN2C(=O)N(C)[C@@H](C)c3ccc(C(=O)NCc4c(F)cc(F)cc4F)cc32)c1Cl.Cl. The van der Waals surface area contributed by atoms with E-state index in [1.807, 2.05) is 0 Å². The van der Waals surface area contributed by atoms with Gasteiger partial charge in [-0.25, -0.2) is 27.2 Å². The van der Waals surface area contributed by atoms with Gasteiger partial charge in [0.05, 0.1) is 23.3 Å². The van der Waals surface area contributed by atoms with Gasteiger partial charge in [-0.15, -0.1) is 12.4 Å². The number of anilines is 1. The summed E-state index contributed by atoms with van der Waals surface area (Å²) >= 11 is 6.49. The lowest BCUT2D eigenvalue weighted by atomic mass is 9.98. The minimum atomic E-state index is -1.15. The van der Waals surface area contributed by atoms with Gasteiger partial charge in [-0.05, 0) is 43.8 Å². The summed E-state index contributed by atoms with van der Waals surface area (Å²) in [6.07, 6.45) is -0.719. The largest absolute Gasteiger partial charge is 0.415 e. The molecule has 242 valence electrons. The van der Waals surface area contributed by atoms with Gasteiger partial charge in [-0.3, -0.25) is 9.69 Å². The van der Waals surface area contributed by atoms with Crippen molar-refractivity contribution in [2.75, 3.05) is 39.1 Å². The number of carbonyl (C=O) groups excluding carboxylic acids is 3. The second-order valence-corrected chi connectivity index (χ2v) is 10.6. The number of hydrogen-bond acceptors (Lipinski definition) is 5. The lowest BCUT2D eigenvalue weighted by molar-refractivity contribution is 0.0950. The smallest absolute Gasteiger partial charge is 0.409 e. The molecule has 0 radical (unpaired) electrons. The third kappa shape index (κ3) is 7.60. The van der Waals surface area contributed by atoms with Crippen LogP contribution in [0.1, 0.15) is 40.0 Å². The van der Waals surface area contributed by atoms with Crippen molar-refractivity contribution in [1.29, 1.82) is 0 Å². The van der Waals surface area contributed by atoms with Crippen molar-refractivity contribution in [2.24, 2.45) is 0 Å². The maximum absolute atomic E-state index is 15.1. The van der Waals surface area contributed by atoms with E-state index in [2.05, 4.69) is 10.6 Å². The number of urea groups is 1. The lowest BCUT2D eigenvalue weighted by Gasteiger charge is -2.40. The molecule has 0 saturated carbocycles. The topological polar surface area (TPSA) is 94.2 Å². The monoisotopic (exact) mass is 671 g/mol. The average Bonchev–Trinajstić information content (AvgIpc) is 2.98. The zero-order valence-corrected chi connectivity index (χ0v) is 26.3. The fourth-order valence-corrected chi connectivity index (χ4v) is 4.86. The summed E-state index contributed by atoms with van der Waals surface area (Å²) < 4.78 is 61.9. The first-order valence-electron chi connectivity index (χ1n) is 13.5. The molecular weight excluding hydrogens is 641 g/mol. The molecule has 2 N–H and O–H groups in total. The highest BCUT2D eigenvalue weighted by Gasteiger charge is 2.35. The van der Waals surface area contributed by atoms with Crippen molar-refractivity contribution in [3.63, 3.8) is 0 Å². The van der Waals surface area contributed by atoms with Crippen molar-refractivity contribution in [2.45, 2.75) is 26.1 Å². The Bertz CT molecular complexity index is 1590. The number of ether oxygens (including phenoxy) is 1. The summed E-state index contributed by atoms with van der Waals surface area (Å²) in [5, 5.41) is 5.08. The van der Waals surface area contributed by atoms with E-state index < -0.39 is 59.5 Å². The summed E-state index contributed by atoms with van der Waals surface area (Å²) in [6, 6.07) is 6.83. The van der Waals surface area contributed by atoms with Crippen LogP contribution in [0.3, 0.4) is 0 Å². The number of carbonyl (C=O) groups is 3. The van der Waals surface area contributed by atoms with Crippen LogP contribution in [0.5, 0.6) is 5.75 Å². The zero-order chi connectivity index (χ0) is 32.3. The summed E-state index contributed by atoms with van der Waals surface area (Å²) in [4.78, 5) is 42.9. The minimum Gasteiger partial charge on any atom is -0.409 e. The first-order chi connectivity index (χ1) is 20.8. The Hall–Kier alpha value is -4.07. The van der Waals surface area contributed by atoms with E-state index in [0.29, 0.717) is 30.8 Å². The van der Waals surface area contributed by atoms with Gasteiger partial charge < -0.3 is 25.2 Å². The normalized spacial score (nSPS) is 14.1. The second-order valence-electron chi connectivity index (χ2n) is 10.2. The molecule has 1 atom stereocenters. The fraction of sp³-hybridized carbons (Fsp3) is 0.300. The maximum atomic E-state index is 15.1. The molecule has 15 heteroatoms. The van der Waals surface area contributed by atoms with Gasteiger partial charge in [0, 0.05) is 62.6 Å². The zero-order valence-electron chi connectivity index (χ0n) is 24.7. The third-order valence-electron chi connectivity index (χ3n) is 7.35. The summed E-state index contributed by atoms with van der Waals surface area (Å²) in [7, 11) is 4.82. The number of halogens is 6. The van der Waals surface area contributed by atoms with Crippen molar-refractivity contribution < 1.29 is 36.7 Å². The van der Waals surface area contributed by atoms with Gasteiger partial charge >= 0.3 is 12.1 Å². The number of likely N-dealkylation sites (N-methyl/N-ethyl adjacent to an activating group) is 2. The van der Waals surface area contributed by atoms with Crippen LogP contribution in [0.15, 0.2) is 42.5 Å². The summed E-state index contributed by atoms with van der Waals surface area (Å²) in [6.45, 7) is 1.68. The predicted molar refractivity (Wildman–Crippen MR) is 163 cm³/mol. The van der Waals surface area contributed by atoms with Crippen LogP contribution in [0.4, 0.5) is 32.8 Å².